The highest BCUT2D eigenvalue weighted by atomic mass is 16.1. The minimum atomic E-state index is -0.487. The summed E-state index contributed by atoms with van der Waals surface area (Å²) in [6.07, 6.45) is 3.57. The van der Waals surface area contributed by atoms with Crippen molar-refractivity contribution in [2.24, 2.45) is 11.7 Å². The summed E-state index contributed by atoms with van der Waals surface area (Å²) >= 11 is 0. The number of nitrogen functional groups attached to an aromatic ring is 1. The molecule has 1 rings (SSSR count). The second-order valence-corrected chi connectivity index (χ2v) is 5.52. The molecule has 0 atom stereocenters. The van der Waals surface area contributed by atoms with Crippen molar-refractivity contribution in [1.29, 1.82) is 0 Å². The fraction of sp³-hybridized carbons (Fsp3) is 0.600. The number of carbonyl (C=O) groups is 1. The Kier molecular flexibility index (Phi) is 5.80. The largest absolute Gasteiger partial charge is 0.397 e. The lowest BCUT2D eigenvalue weighted by molar-refractivity contribution is 0.100. The number of pyridine rings is 1. The van der Waals surface area contributed by atoms with Crippen molar-refractivity contribution in [3.63, 3.8) is 0 Å². The summed E-state index contributed by atoms with van der Waals surface area (Å²) in [7, 11) is 0. The Morgan fingerprint density at radius 1 is 1.35 bits per heavy atom. The van der Waals surface area contributed by atoms with Crippen LogP contribution in [0.1, 0.15) is 50.9 Å². The summed E-state index contributed by atoms with van der Waals surface area (Å²) in [4.78, 5) is 18.2. The number of nitrogens with zero attached hydrogens (tertiary/aromatic N) is 2. The van der Waals surface area contributed by atoms with Crippen molar-refractivity contribution in [3.8, 4) is 0 Å². The van der Waals surface area contributed by atoms with Gasteiger partial charge in [-0.3, -0.25) is 4.79 Å². The number of nitrogens with two attached hydrogens (primary N) is 2. The Morgan fingerprint density at radius 3 is 2.40 bits per heavy atom. The van der Waals surface area contributed by atoms with Gasteiger partial charge in [-0.2, -0.15) is 0 Å². The predicted molar refractivity (Wildman–Crippen MR) is 83.7 cm³/mol. The van der Waals surface area contributed by atoms with Crippen LogP contribution in [0.5, 0.6) is 0 Å². The Bertz CT molecular complexity index is 455. The van der Waals surface area contributed by atoms with Crippen LogP contribution in [-0.2, 0) is 0 Å². The number of hydrogen-bond donors (Lipinski definition) is 2. The zero-order valence-corrected chi connectivity index (χ0v) is 12.9. The summed E-state index contributed by atoms with van der Waals surface area (Å²) in [5, 5.41) is 0. The van der Waals surface area contributed by atoms with Gasteiger partial charge in [-0.25, -0.2) is 4.98 Å². The molecule has 5 nitrogen and oxygen atoms in total. The highest BCUT2D eigenvalue weighted by Crippen LogP contribution is 2.25. The van der Waals surface area contributed by atoms with E-state index in [1.54, 1.807) is 12.3 Å². The van der Waals surface area contributed by atoms with E-state index in [1.165, 1.54) is 0 Å². The molecule has 0 bridgehead atoms. The van der Waals surface area contributed by atoms with Crippen molar-refractivity contribution in [2.45, 2.75) is 46.6 Å². The smallest absolute Gasteiger partial charge is 0.252 e. The van der Waals surface area contributed by atoms with Gasteiger partial charge in [0.05, 0.1) is 17.4 Å². The average molecular weight is 278 g/mol. The van der Waals surface area contributed by atoms with Crippen molar-refractivity contribution >= 4 is 17.4 Å². The predicted octanol–water partition coefficient (Wildman–Crippen LogP) is 2.41. The monoisotopic (exact) mass is 278 g/mol. The van der Waals surface area contributed by atoms with Crippen LogP contribution < -0.4 is 16.4 Å². The van der Waals surface area contributed by atoms with E-state index >= 15 is 0 Å². The van der Waals surface area contributed by atoms with E-state index in [1.807, 2.05) is 0 Å². The van der Waals surface area contributed by atoms with Gasteiger partial charge in [-0.05, 0) is 24.8 Å². The Labute approximate surface area is 121 Å². The topological polar surface area (TPSA) is 85.2 Å². The zero-order chi connectivity index (χ0) is 15.3. The van der Waals surface area contributed by atoms with E-state index in [0.717, 1.165) is 19.4 Å². The van der Waals surface area contributed by atoms with E-state index < -0.39 is 5.91 Å². The van der Waals surface area contributed by atoms with Crippen molar-refractivity contribution < 1.29 is 4.79 Å². The number of amides is 1. The number of hydrogen-bond acceptors (Lipinski definition) is 4. The van der Waals surface area contributed by atoms with Gasteiger partial charge in [-0.1, -0.05) is 27.7 Å². The molecule has 0 fully saturated rings. The standard InChI is InChI=1S/C15H26N4O/c1-5-12(6-2)19(9-10(3)4)15-13(14(17)20)7-11(16)8-18-15/h7-8,10,12H,5-6,9,16H2,1-4H3,(H2,17,20). The molecule has 0 radical (unpaired) electrons. The lowest BCUT2D eigenvalue weighted by Gasteiger charge is -2.34. The molecular weight excluding hydrogens is 252 g/mol. The van der Waals surface area contributed by atoms with E-state index in [2.05, 4.69) is 37.6 Å². The van der Waals surface area contributed by atoms with Crippen LogP contribution in [0, 0.1) is 5.92 Å². The molecule has 1 aromatic heterocycles. The van der Waals surface area contributed by atoms with E-state index in [-0.39, 0.29) is 0 Å². The van der Waals surface area contributed by atoms with Gasteiger partial charge in [0.25, 0.3) is 5.91 Å². The number of anilines is 2. The molecule has 112 valence electrons. The first-order valence-corrected chi connectivity index (χ1v) is 7.22. The van der Waals surface area contributed by atoms with Crippen molar-refractivity contribution in [2.75, 3.05) is 17.2 Å². The first kappa shape index (κ1) is 16.3. The molecule has 0 aliphatic rings. The summed E-state index contributed by atoms with van der Waals surface area (Å²) in [6, 6.07) is 1.95. The molecule has 5 heteroatoms. The molecule has 1 heterocycles. The molecule has 0 aromatic carbocycles. The Balaban J connectivity index is 3.28. The van der Waals surface area contributed by atoms with Crippen molar-refractivity contribution in [3.05, 3.63) is 17.8 Å². The van der Waals surface area contributed by atoms with Gasteiger partial charge in [0, 0.05) is 12.6 Å². The maximum Gasteiger partial charge on any atom is 0.252 e. The van der Waals surface area contributed by atoms with E-state index in [0.29, 0.717) is 29.0 Å². The highest BCUT2D eigenvalue weighted by molar-refractivity contribution is 5.98. The summed E-state index contributed by atoms with van der Waals surface area (Å²) in [5.41, 5.74) is 12.0. The molecule has 0 aliphatic carbocycles. The second-order valence-electron chi connectivity index (χ2n) is 5.52. The van der Waals surface area contributed by atoms with Gasteiger partial charge in [0.2, 0.25) is 0 Å². The molecule has 0 spiro atoms. The number of primary amides is 1. The maximum absolute atomic E-state index is 11.7. The lowest BCUT2D eigenvalue weighted by Crippen LogP contribution is -2.39. The fourth-order valence-electron chi connectivity index (χ4n) is 2.42. The molecule has 0 saturated heterocycles. The first-order chi connectivity index (χ1) is 9.40. The van der Waals surface area contributed by atoms with E-state index in [9.17, 15) is 4.79 Å². The van der Waals surface area contributed by atoms with Gasteiger partial charge >= 0.3 is 0 Å². The Morgan fingerprint density at radius 2 is 1.95 bits per heavy atom. The zero-order valence-electron chi connectivity index (χ0n) is 12.9. The van der Waals surface area contributed by atoms with Crippen LogP contribution in [0.3, 0.4) is 0 Å². The minimum Gasteiger partial charge on any atom is -0.397 e. The number of rotatable bonds is 7. The molecule has 20 heavy (non-hydrogen) atoms. The van der Waals surface area contributed by atoms with Gasteiger partial charge in [0.1, 0.15) is 5.82 Å². The third kappa shape index (κ3) is 3.85. The molecule has 1 aromatic rings. The van der Waals surface area contributed by atoms with Crippen LogP contribution in [0.4, 0.5) is 11.5 Å². The van der Waals surface area contributed by atoms with Gasteiger partial charge in [0.15, 0.2) is 0 Å². The maximum atomic E-state index is 11.7. The quantitative estimate of drug-likeness (QED) is 0.802. The molecule has 0 unspecified atom stereocenters. The summed E-state index contributed by atoms with van der Waals surface area (Å²) < 4.78 is 0. The Hall–Kier alpha value is -1.78. The third-order valence-corrected chi connectivity index (χ3v) is 3.37. The summed E-state index contributed by atoms with van der Waals surface area (Å²) in [6.45, 7) is 9.42. The SMILES string of the molecule is CCC(CC)N(CC(C)C)c1ncc(N)cc1C(N)=O. The minimum absolute atomic E-state index is 0.339. The van der Waals surface area contributed by atoms with Crippen molar-refractivity contribution in [1.82, 2.24) is 4.98 Å². The van der Waals surface area contributed by atoms with Crippen LogP contribution >= 0.6 is 0 Å². The molecule has 0 saturated carbocycles. The normalized spacial score (nSPS) is 11.1. The molecular formula is C15H26N4O. The summed E-state index contributed by atoms with van der Waals surface area (Å²) in [5.74, 6) is 0.629. The molecule has 4 N–H and O–H groups in total. The highest BCUT2D eigenvalue weighted by Gasteiger charge is 2.23. The number of aromatic nitrogens is 1. The fourth-order valence-corrected chi connectivity index (χ4v) is 2.42. The second kappa shape index (κ2) is 7.12. The third-order valence-electron chi connectivity index (χ3n) is 3.37. The first-order valence-electron chi connectivity index (χ1n) is 7.22. The van der Waals surface area contributed by atoms with Gasteiger partial charge in [-0.15, -0.1) is 0 Å². The molecule has 0 aliphatic heterocycles. The van der Waals surface area contributed by atoms with Crippen LogP contribution in [0.2, 0.25) is 0 Å². The lowest BCUT2D eigenvalue weighted by atomic mass is 10.1. The molecule has 1 amide bonds. The van der Waals surface area contributed by atoms with Crippen LogP contribution in [0.15, 0.2) is 12.3 Å². The van der Waals surface area contributed by atoms with E-state index in [4.69, 9.17) is 11.5 Å². The average Bonchev–Trinajstić information content (AvgIpc) is 2.38. The van der Waals surface area contributed by atoms with Crippen LogP contribution in [0.25, 0.3) is 0 Å². The van der Waals surface area contributed by atoms with Gasteiger partial charge < -0.3 is 16.4 Å². The number of carbonyl (C=O) groups excluding carboxylic acids is 1. The van der Waals surface area contributed by atoms with Crippen LogP contribution in [-0.4, -0.2) is 23.5 Å².